The van der Waals surface area contributed by atoms with Crippen LogP contribution in [0.2, 0.25) is 0 Å². The van der Waals surface area contributed by atoms with E-state index in [1.165, 1.54) is 11.8 Å². The van der Waals surface area contributed by atoms with Crippen LogP contribution in [0.25, 0.3) is 22.3 Å². The van der Waals surface area contributed by atoms with Gasteiger partial charge in [-0.25, -0.2) is 4.98 Å². The Morgan fingerprint density at radius 3 is 2.76 bits per heavy atom. The molecule has 2 aliphatic heterocycles. The van der Waals surface area contributed by atoms with E-state index in [1.807, 2.05) is 30.3 Å². The minimum atomic E-state index is -0.133. The summed E-state index contributed by atoms with van der Waals surface area (Å²) in [5.41, 5.74) is 1.31. The first-order valence-corrected chi connectivity index (χ1v) is 11.7. The van der Waals surface area contributed by atoms with Gasteiger partial charge in [0.15, 0.2) is 16.7 Å². The molecule has 1 atom stereocenters. The topological polar surface area (TPSA) is 102 Å². The molecule has 0 bridgehead atoms. The van der Waals surface area contributed by atoms with E-state index < -0.39 is 0 Å². The first kappa shape index (κ1) is 20.3. The molecule has 0 spiro atoms. The number of rotatable bonds is 6. The van der Waals surface area contributed by atoms with Crippen LogP contribution in [-0.2, 0) is 17.0 Å². The molecule has 0 aliphatic carbocycles. The molecule has 0 radical (unpaired) electrons. The highest BCUT2D eigenvalue weighted by atomic mass is 32.2. The molecular weight excluding hydrogens is 444 g/mol. The number of ether oxygens (including phenoxy) is 3. The number of aromatic nitrogens is 4. The number of fused-ring (bicyclic) bond motifs is 2. The monoisotopic (exact) mass is 464 g/mol. The van der Waals surface area contributed by atoms with Gasteiger partial charge in [0.05, 0.1) is 29.3 Å². The molecule has 10 heteroatoms. The summed E-state index contributed by atoms with van der Waals surface area (Å²) >= 11 is 1.38. The summed E-state index contributed by atoms with van der Waals surface area (Å²) in [6, 6.07) is 13.1. The normalized spacial score (nSPS) is 17.2. The molecule has 0 saturated carbocycles. The highest BCUT2D eigenvalue weighted by Gasteiger charge is 2.23. The van der Waals surface area contributed by atoms with Gasteiger partial charge in [0.25, 0.3) is 5.56 Å². The van der Waals surface area contributed by atoms with Crippen LogP contribution in [0, 0.1) is 0 Å². The Balaban J connectivity index is 1.33. The minimum absolute atomic E-state index is 0.0107. The molecule has 2 aliphatic rings. The van der Waals surface area contributed by atoms with Gasteiger partial charge in [-0.1, -0.05) is 47.3 Å². The number of hydrogen-bond acceptors (Lipinski definition) is 9. The van der Waals surface area contributed by atoms with Crippen molar-refractivity contribution in [3.63, 3.8) is 0 Å². The summed E-state index contributed by atoms with van der Waals surface area (Å²) in [5, 5.41) is 5.13. The number of nitrogens with zero attached hydrogens (tertiary/aromatic N) is 4. The molecular formula is C23H20N4O5S. The van der Waals surface area contributed by atoms with Gasteiger partial charge in [0.2, 0.25) is 18.5 Å². The number of hydrogen-bond donors (Lipinski definition) is 0. The van der Waals surface area contributed by atoms with Gasteiger partial charge in [-0.2, -0.15) is 4.98 Å². The Morgan fingerprint density at radius 1 is 1.09 bits per heavy atom. The van der Waals surface area contributed by atoms with Crippen molar-refractivity contribution >= 4 is 22.7 Å². The quantitative estimate of drug-likeness (QED) is 0.313. The van der Waals surface area contributed by atoms with Gasteiger partial charge in [-0.3, -0.25) is 9.36 Å². The molecule has 6 rings (SSSR count). The molecule has 1 fully saturated rings. The lowest BCUT2D eigenvalue weighted by Gasteiger charge is -2.16. The number of thioether (sulfide) groups is 1. The molecule has 0 unspecified atom stereocenters. The highest BCUT2D eigenvalue weighted by Crippen LogP contribution is 2.35. The summed E-state index contributed by atoms with van der Waals surface area (Å²) in [4.78, 5) is 22.7. The molecule has 2 aromatic carbocycles. The maximum absolute atomic E-state index is 13.4. The predicted octanol–water partition coefficient (Wildman–Crippen LogP) is 3.65. The van der Waals surface area contributed by atoms with Crippen LogP contribution in [0.1, 0.15) is 18.7 Å². The predicted molar refractivity (Wildman–Crippen MR) is 120 cm³/mol. The molecule has 0 amide bonds. The molecule has 0 N–H and O–H groups in total. The zero-order chi connectivity index (χ0) is 22.2. The van der Waals surface area contributed by atoms with Crippen molar-refractivity contribution in [2.24, 2.45) is 0 Å². The lowest BCUT2D eigenvalue weighted by atomic mass is 10.2. The first-order valence-electron chi connectivity index (χ1n) is 10.7. The van der Waals surface area contributed by atoms with Crippen molar-refractivity contribution in [1.29, 1.82) is 0 Å². The average molecular weight is 465 g/mol. The molecule has 4 heterocycles. The van der Waals surface area contributed by atoms with Crippen molar-refractivity contribution in [3.05, 3.63) is 58.7 Å². The Bertz CT molecular complexity index is 1360. The van der Waals surface area contributed by atoms with Crippen LogP contribution >= 0.6 is 11.8 Å². The SMILES string of the molecule is O=c1c2cc3c(cc2nc(SCc2nc(-c4ccccc4)no2)n1C[C@@H]1CCCO1)OCO3. The Morgan fingerprint density at radius 2 is 1.94 bits per heavy atom. The van der Waals surface area contributed by atoms with Crippen molar-refractivity contribution in [1.82, 2.24) is 19.7 Å². The third-order valence-electron chi connectivity index (χ3n) is 5.65. The van der Waals surface area contributed by atoms with Crippen LogP contribution in [0.5, 0.6) is 11.5 Å². The molecule has 168 valence electrons. The van der Waals surface area contributed by atoms with Gasteiger partial charge in [-0.15, -0.1) is 0 Å². The van der Waals surface area contributed by atoms with E-state index in [0.29, 0.717) is 58.2 Å². The zero-order valence-corrected chi connectivity index (χ0v) is 18.4. The Labute approximate surface area is 192 Å². The summed E-state index contributed by atoms with van der Waals surface area (Å²) in [6.45, 7) is 1.29. The largest absolute Gasteiger partial charge is 0.454 e. The molecule has 2 aromatic heterocycles. The standard InChI is InChI=1S/C23H20N4O5S/c28-22-16-9-18-19(31-13-30-18)10-17(16)24-23(27(22)11-15-7-4-8-29-15)33-12-20-25-21(26-32-20)14-5-2-1-3-6-14/h1-3,5-6,9-10,15H,4,7-8,11-13H2/t15-/m0/s1. The van der Waals surface area contributed by atoms with Crippen LogP contribution in [0.15, 0.2) is 56.9 Å². The van der Waals surface area contributed by atoms with Gasteiger partial charge < -0.3 is 18.7 Å². The fourth-order valence-corrected chi connectivity index (χ4v) is 4.84. The molecule has 4 aromatic rings. The van der Waals surface area contributed by atoms with Crippen molar-refractivity contribution in [2.75, 3.05) is 13.4 Å². The second-order valence-corrected chi connectivity index (χ2v) is 8.78. The molecule has 9 nitrogen and oxygen atoms in total. The van der Waals surface area contributed by atoms with Crippen LogP contribution < -0.4 is 15.0 Å². The van der Waals surface area contributed by atoms with E-state index in [9.17, 15) is 4.79 Å². The second-order valence-electron chi connectivity index (χ2n) is 7.83. The minimum Gasteiger partial charge on any atom is -0.454 e. The highest BCUT2D eigenvalue weighted by molar-refractivity contribution is 7.98. The molecule has 1 saturated heterocycles. The van der Waals surface area contributed by atoms with E-state index in [2.05, 4.69) is 10.1 Å². The fourth-order valence-electron chi connectivity index (χ4n) is 4.00. The third-order valence-corrected chi connectivity index (χ3v) is 6.61. The maximum Gasteiger partial charge on any atom is 0.262 e. The lowest BCUT2D eigenvalue weighted by molar-refractivity contribution is 0.0937. The fraction of sp³-hybridized carbons (Fsp3) is 0.304. The van der Waals surface area contributed by atoms with E-state index in [4.69, 9.17) is 23.7 Å². The van der Waals surface area contributed by atoms with E-state index >= 15 is 0 Å². The van der Waals surface area contributed by atoms with Crippen LogP contribution in [-0.4, -0.2) is 39.2 Å². The van der Waals surface area contributed by atoms with Crippen LogP contribution in [0.4, 0.5) is 0 Å². The smallest absolute Gasteiger partial charge is 0.262 e. The van der Waals surface area contributed by atoms with E-state index in [1.54, 1.807) is 16.7 Å². The first-order chi connectivity index (χ1) is 16.2. The summed E-state index contributed by atoms with van der Waals surface area (Å²) in [5.74, 6) is 2.52. The van der Waals surface area contributed by atoms with Gasteiger partial charge in [-0.05, 0) is 18.9 Å². The van der Waals surface area contributed by atoms with Gasteiger partial charge >= 0.3 is 0 Å². The lowest BCUT2D eigenvalue weighted by Crippen LogP contribution is -2.28. The van der Waals surface area contributed by atoms with Crippen molar-refractivity contribution in [3.8, 4) is 22.9 Å². The summed E-state index contributed by atoms with van der Waals surface area (Å²) < 4.78 is 23.8. The van der Waals surface area contributed by atoms with Gasteiger partial charge in [0.1, 0.15) is 0 Å². The molecule has 33 heavy (non-hydrogen) atoms. The Hall–Kier alpha value is -3.37. The van der Waals surface area contributed by atoms with E-state index in [-0.39, 0.29) is 18.5 Å². The maximum atomic E-state index is 13.4. The average Bonchev–Trinajstić information content (AvgIpc) is 3.61. The zero-order valence-electron chi connectivity index (χ0n) is 17.6. The van der Waals surface area contributed by atoms with Crippen LogP contribution in [0.3, 0.4) is 0 Å². The van der Waals surface area contributed by atoms with Crippen molar-refractivity contribution < 1.29 is 18.7 Å². The third kappa shape index (κ3) is 3.96. The summed E-state index contributed by atoms with van der Waals surface area (Å²) in [6.07, 6.45) is 1.90. The van der Waals surface area contributed by atoms with E-state index in [0.717, 1.165) is 18.4 Å². The van der Waals surface area contributed by atoms with Gasteiger partial charge in [0, 0.05) is 18.2 Å². The second kappa shape index (κ2) is 8.53. The summed E-state index contributed by atoms with van der Waals surface area (Å²) in [7, 11) is 0. The van der Waals surface area contributed by atoms with Crippen molar-refractivity contribution in [2.45, 2.75) is 36.4 Å². The number of benzene rings is 2. The Kier molecular flexibility index (Phi) is 5.23.